The van der Waals surface area contributed by atoms with Crippen molar-refractivity contribution in [2.45, 2.75) is 13.3 Å². The molecule has 0 fully saturated rings. The van der Waals surface area contributed by atoms with Crippen LogP contribution in [0, 0.1) is 0 Å². The SMILES string of the molecule is CCCNC(=O)CNC(=O)CN(C)c1ccc2ccccc2c1. The lowest BCUT2D eigenvalue weighted by atomic mass is 10.1. The van der Waals surface area contributed by atoms with Crippen molar-refractivity contribution in [2.24, 2.45) is 0 Å². The lowest BCUT2D eigenvalue weighted by Crippen LogP contribution is -2.41. The number of anilines is 1. The predicted molar refractivity (Wildman–Crippen MR) is 93.5 cm³/mol. The minimum atomic E-state index is -0.174. The highest BCUT2D eigenvalue weighted by Gasteiger charge is 2.09. The van der Waals surface area contributed by atoms with Gasteiger partial charge in [0.05, 0.1) is 13.1 Å². The molecular weight excluding hydrogens is 290 g/mol. The normalized spacial score (nSPS) is 10.3. The molecule has 5 heteroatoms. The van der Waals surface area contributed by atoms with Crippen molar-refractivity contribution in [3.63, 3.8) is 0 Å². The maximum Gasteiger partial charge on any atom is 0.239 e. The molecule has 0 aliphatic rings. The maximum absolute atomic E-state index is 11.9. The molecule has 122 valence electrons. The summed E-state index contributed by atoms with van der Waals surface area (Å²) >= 11 is 0. The Morgan fingerprint density at radius 1 is 1.00 bits per heavy atom. The van der Waals surface area contributed by atoms with E-state index in [9.17, 15) is 9.59 Å². The molecule has 0 aromatic heterocycles. The highest BCUT2D eigenvalue weighted by atomic mass is 16.2. The molecule has 2 aromatic carbocycles. The Hall–Kier alpha value is -2.56. The van der Waals surface area contributed by atoms with E-state index in [1.807, 2.05) is 49.2 Å². The average molecular weight is 313 g/mol. The lowest BCUT2D eigenvalue weighted by molar-refractivity contribution is -0.125. The van der Waals surface area contributed by atoms with E-state index in [1.54, 1.807) is 0 Å². The first-order valence-corrected chi connectivity index (χ1v) is 7.83. The first kappa shape index (κ1) is 16.8. The van der Waals surface area contributed by atoms with Gasteiger partial charge in [-0.05, 0) is 29.3 Å². The molecule has 2 aromatic rings. The highest BCUT2D eigenvalue weighted by Crippen LogP contribution is 2.20. The van der Waals surface area contributed by atoms with Gasteiger partial charge in [0, 0.05) is 19.3 Å². The Balaban J connectivity index is 1.88. The average Bonchev–Trinajstić information content (AvgIpc) is 2.57. The quantitative estimate of drug-likeness (QED) is 0.821. The zero-order chi connectivity index (χ0) is 16.7. The summed E-state index contributed by atoms with van der Waals surface area (Å²) in [4.78, 5) is 25.3. The third kappa shape index (κ3) is 4.98. The van der Waals surface area contributed by atoms with E-state index in [0.29, 0.717) is 6.54 Å². The van der Waals surface area contributed by atoms with E-state index >= 15 is 0 Å². The molecule has 0 aliphatic heterocycles. The zero-order valence-corrected chi connectivity index (χ0v) is 13.6. The van der Waals surface area contributed by atoms with E-state index in [4.69, 9.17) is 0 Å². The summed E-state index contributed by atoms with van der Waals surface area (Å²) < 4.78 is 0. The number of hydrogen-bond acceptors (Lipinski definition) is 3. The Bertz CT molecular complexity index is 685. The van der Waals surface area contributed by atoms with Crippen molar-refractivity contribution < 1.29 is 9.59 Å². The van der Waals surface area contributed by atoms with Crippen LogP contribution in [-0.2, 0) is 9.59 Å². The van der Waals surface area contributed by atoms with Crippen molar-refractivity contribution in [1.82, 2.24) is 10.6 Å². The van der Waals surface area contributed by atoms with E-state index in [0.717, 1.165) is 17.5 Å². The third-order valence-electron chi connectivity index (χ3n) is 3.57. The van der Waals surface area contributed by atoms with Crippen LogP contribution < -0.4 is 15.5 Å². The summed E-state index contributed by atoms with van der Waals surface area (Å²) in [5.41, 5.74) is 0.967. The fourth-order valence-electron chi connectivity index (χ4n) is 2.28. The molecule has 2 rings (SSSR count). The number of carbonyl (C=O) groups is 2. The number of benzene rings is 2. The van der Waals surface area contributed by atoms with E-state index in [2.05, 4.69) is 22.8 Å². The molecular formula is C18H23N3O2. The standard InChI is InChI=1S/C18H23N3O2/c1-3-10-19-17(22)12-20-18(23)13-21(2)16-9-8-14-6-4-5-7-15(14)11-16/h4-9,11H,3,10,12-13H2,1-2H3,(H,19,22)(H,20,23). The number of amides is 2. The van der Waals surface area contributed by atoms with Gasteiger partial charge in [0.2, 0.25) is 11.8 Å². The van der Waals surface area contributed by atoms with Crippen molar-refractivity contribution in [3.8, 4) is 0 Å². The van der Waals surface area contributed by atoms with Gasteiger partial charge in [-0.1, -0.05) is 37.3 Å². The van der Waals surface area contributed by atoms with Crippen molar-refractivity contribution in [3.05, 3.63) is 42.5 Å². The minimum absolute atomic E-state index is 0.0182. The fourth-order valence-corrected chi connectivity index (χ4v) is 2.28. The zero-order valence-electron chi connectivity index (χ0n) is 13.6. The first-order valence-electron chi connectivity index (χ1n) is 7.83. The minimum Gasteiger partial charge on any atom is -0.365 e. The van der Waals surface area contributed by atoms with Gasteiger partial charge in [-0.25, -0.2) is 0 Å². The molecule has 0 bridgehead atoms. The van der Waals surface area contributed by atoms with E-state index < -0.39 is 0 Å². The van der Waals surface area contributed by atoms with Gasteiger partial charge in [-0.15, -0.1) is 0 Å². The van der Waals surface area contributed by atoms with Crippen LogP contribution in [0.1, 0.15) is 13.3 Å². The van der Waals surface area contributed by atoms with Crippen LogP contribution in [0.4, 0.5) is 5.69 Å². The molecule has 0 heterocycles. The van der Waals surface area contributed by atoms with Gasteiger partial charge >= 0.3 is 0 Å². The summed E-state index contributed by atoms with van der Waals surface area (Å²) in [6.07, 6.45) is 0.879. The molecule has 0 atom stereocenters. The summed E-state index contributed by atoms with van der Waals surface area (Å²) in [6.45, 7) is 2.84. The van der Waals surface area contributed by atoms with Crippen LogP contribution in [0.2, 0.25) is 0 Å². The number of hydrogen-bond donors (Lipinski definition) is 2. The summed E-state index contributed by atoms with van der Waals surface area (Å²) in [5, 5.41) is 7.67. The second-order valence-corrected chi connectivity index (χ2v) is 5.51. The van der Waals surface area contributed by atoms with Crippen molar-refractivity contribution >= 4 is 28.3 Å². The van der Waals surface area contributed by atoms with Gasteiger partial charge < -0.3 is 15.5 Å². The second kappa shape index (κ2) is 8.17. The van der Waals surface area contributed by atoms with E-state index in [-0.39, 0.29) is 24.9 Å². The molecule has 2 N–H and O–H groups in total. The molecule has 0 radical (unpaired) electrons. The number of nitrogens with zero attached hydrogens (tertiary/aromatic N) is 1. The van der Waals surface area contributed by atoms with Gasteiger partial charge in [0.1, 0.15) is 0 Å². The lowest BCUT2D eigenvalue weighted by Gasteiger charge is -2.19. The second-order valence-electron chi connectivity index (χ2n) is 5.51. The van der Waals surface area contributed by atoms with Crippen LogP contribution in [0.25, 0.3) is 10.8 Å². The number of nitrogens with one attached hydrogen (secondary N) is 2. The van der Waals surface area contributed by atoms with Crippen LogP contribution in [0.5, 0.6) is 0 Å². The molecule has 23 heavy (non-hydrogen) atoms. The Morgan fingerprint density at radius 3 is 2.48 bits per heavy atom. The summed E-state index contributed by atoms with van der Waals surface area (Å²) in [6, 6.07) is 14.2. The molecule has 5 nitrogen and oxygen atoms in total. The van der Waals surface area contributed by atoms with Crippen LogP contribution in [0.15, 0.2) is 42.5 Å². The van der Waals surface area contributed by atoms with Crippen molar-refractivity contribution in [1.29, 1.82) is 0 Å². The molecule has 2 amide bonds. The number of rotatable bonds is 7. The van der Waals surface area contributed by atoms with Gasteiger partial charge in [0.25, 0.3) is 0 Å². The Morgan fingerprint density at radius 2 is 1.74 bits per heavy atom. The van der Waals surface area contributed by atoms with Crippen molar-refractivity contribution in [2.75, 3.05) is 31.6 Å². The number of fused-ring (bicyclic) bond motifs is 1. The first-order chi connectivity index (χ1) is 11.1. The predicted octanol–water partition coefficient (Wildman–Crippen LogP) is 1.92. The highest BCUT2D eigenvalue weighted by molar-refractivity contribution is 5.89. The number of likely N-dealkylation sites (N-methyl/N-ethyl adjacent to an activating group) is 1. The third-order valence-corrected chi connectivity index (χ3v) is 3.57. The topological polar surface area (TPSA) is 61.4 Å². The van der Waals surface area contributed by atoms with Gasteiger partial charge in [0.15, 0.2) is 0 Å². The largest absolute Gasteiger partial charge is 0.365 e. The smallest absolute Gasteiger partial charge is 0.239 e. The Labute approximate surface area is 136 Å². The summed E-state index contributed by atoms with van der Waals surface area (Å²) in [5.74, 6) is -0.333. The molecule has 0 saturated carbocycles. The maximum atomic E-state index is 11.9. The molecule has 0 spiro atoms. The fraction of sp³-hybridized carbons (Fsp3) is 0.333. The van der Waals surface area contributed by atoms with Crippen LogP contribution >= 0.6 is 0 Å². The molecule has 0 unspecified atom stereocenters. The van der Waals surface area contributed by atoms with Gasteiger partial charge in [-0.2, -0.15) is 0 Å². The molecule has 0 saturated heterocycles. The Kier molecular flexibility index (Phi) is 5.97. The number of carbonyl (C=O) groups excluding carboxylic acids is 2. The molecule has 0 aliphatic carbocycles. The van der Waals surface area contributed by atoms with Crippen LogP contribution in [0.3, 0.4) is 0 Å². The van der Waals surface area contributed by atoms with Crippen LogP contribution in [-0.4, -0.2) is 38.5 Å². The van der Waals surface area contributed by atoms with Gasteiger partial charge in [-0.3, -0.25) is 9.59 Å². The summed E-state index contributed by atoms with van der Waals surface area (Å²) in [7, 11) is 1.86. The monoisotopic (exact) mass is 313 g/mol. The van der Waals surface area contributed by atoms with E-state index in [1.165, 1.54) is 5.39 Å².